The number of nitrogens with zero attached hydrogens (tertiary/aromatic N) is 1. The van der Waals surface area contributed by atoms with Crippen molar-refractivity contribution in [3.63, 3.8) is 0 Å². The van der Waals surface area contributed by atoms with Crippen LogP contribution in [0.4, 0.5) is 5.69 Å². The van der Waals surface area contributed by atoms with Crippen molar-refractivity contribution >= 4 is 5.69 Å². The molecule has 0 spiro atoms. The van der Waals surface area contributed by atoms with Crippen LogP contribution in [0.3, 0.4) is 0 Å². The Labute approximate surface area is 111 Å². The van der Waals surface area contributed by atoms with Crippen molar-refractivity contribution < 1.29 is 0 Å². The summed E-state index contributed by atoms with van der Waals surface area (Å²) in [6.07, 6.45) is 2.83. The van der Waals surface area contributed by atoms with E-state index in [0.29, 0.717) is 6.04 Å². The zero-order valence-electron chi connectivity index (χ0n) is 11.9. The summed E-state index contributed by atoms with van der Waals surface area (Å²) in [5.41, 5.74) is 2.84. The van der Waals surface area contributed by atoms with Gasteiger partial charge < -0.3 is 10.2 Å². The van der Waals surface area contributed by atoms with Crippen molar-refractivity contribution in [3.8, 4) is 0 Å². The van der Waals surface area contributed by atoms with Gasteiger partial charge >= 0.3 is 0 Å². The Bertz CT molecular complexity index is 369. The fourth-order valence-electron chi connectivity index (χ4n) is 2.37. The molecule has 2 heteroatoms. The van der Waals surface area contributed by atoms with Crippen LogP contribution in [0.15, 0.2) is 24.3 Å². The molecule has 0 amide bonds. The van der Waals surface area contributed by atoms with Crippen LogP contribution in [0.25, 0.3) is 0 Å². The van der Waals surface area contributed by atoms with Gasteiger partial charge in [-0.25, -0.2) is 0 Å². The smallest absolute Gasteiger partial charge is 0.0414 e. The van der Waals surface area contributed by atoms with Gasteiger partial charge in [-0.05, 0) is 50.8 Å². The summed E-state index contributed by atoms with van der Waals surface area (Å²) in [7, 11) is 0. The Balaban J connectivity index is 2.16. The van der Waals surface area contributed by atoms with Crippen LogP contribution in [0, 0.1) is 5.92 Å². The third kappa shape index (κ3) is 3.49. The third-order valence-electron chi connectivity index (χ3n) is 3.64. The van der Waals surface area contributed by atoms with E-state index in [1.807, 2.05) is 0 Å². The predicted molar refractivity (Wildman–Crippen MR) is 79.0 cm³/mol. The Kier molecular flexibility index (Phi) is 4.65. The van der Waals surface area contributed by atoms with Gasteiger partial charge in [0.15, 0.2) is 0 Å². The zero-order chi connectivity index (χ0) is 13.0. The fraction of sp³-hybridized carbons (Fsp3) is 0.625. The molecule has 2 nitrogen and oxygen atoms in total. The number of nitrogens with one attached hydrogen (secondary N) is 1. The van der Waals surface area contributed by atoms with Gasteiger partial charge in [0.05, 0.1) is 0 Å². The summed E-state index contributed by atoms with van der Waals surface area (Å²) in [5.74, 6) is 0.930. The molecule has 1 saturated carbocycles. The van der Waals surface area contributed by atoms with Gasteiger partial charge in [0.2, 0.25) is 0 Å². The largest absolute Gasteiger partial charge is 0.369 e. The summed E-state index contributed by atoms with van der Waals surface area (Å²) < 4.78 is 0. The van der Waals surface area contributed by atoms with E-state index in [-0.39, 0.29) is 0 Å². The maximum absolute atomic E-state index is 3.44. The number of anilines is 1. The van der Waals surface area contributed by atoms with Gasteiger partial charge in [-0.15, -0.1) is 0 Å². The van der Waals surface area contributed by atoms with Crippen LogP contribution >= 0.6 is 0 Å². The van der Waals surface area contributed by atoms with E-state index in [9.17, 15) is 0 Å². The van der Waals surface area contributed by atoms with Gasteiger partial charge in [-0.3, -0.25) is 0 Å². The normalized spacial score (nSPS) is 15.1. The summed E-state index contributed by atoms with van der Waals surface area (Å²) in [6, 6.07) is 9.40. The summed E-state index contributed by atoms with van der Waals surface area (Å²) in [6.45, 7) is 9.98. The van der Waals surface area contributed by atoms with E-state index >= 15 is 0 Å². The van der Waals surface area contributed by atoms with Crippen LogP contribution in [0.5, 0.6) is 0 Å². The van der Waals surface area contributed by atoms with Gasteiger partial charge in [0, 0.05) is 24.8 Å². The first-order chi connectivity index (χ1) is 8.72. The first-order valence-corrected chi connectivity index (χ1v) is 7.27. The Morgan fingerprint density at radius 2 is 2.00 bits per heavy atom. The van der Waals surface area contributed by atoms with Crippen molar-refractivity contribution in [2.24, 2.45) is 5.92 Å². The molecule has 0 unspecified atom stereocenters. The van der Waals surface area contributed by atoms with Crippen molar-refractivity contribution in [2.75, 3.05) is 18.0 Å². The quantitative estimate of drug-likeness (QED) is 0.793. The molecule has 0 saturated heterocycles. The highest BCUT2D eigenvalue weighted by Crippen LogP contribution is 2.33. The minimum atomic E-state index is 0.577. The van der Waals surface area contributed by atoms with E-state index in [2.05, 4.69) is 55.3 Å². The second kappa shape index (κ2) is 6.24. The molecule has 1 N–H and O–H groups in total. The molecule has 1 fully saturated rings. The Morgan fingerprint density at radius 1 is 1.28 bits per heavy atom. The summed E-state index contributed by atoms with van der Waals surface area (Å²) in [4.78, 5) is 2.57. The van der Waals surface area contributed by atoms with Crippen molar-refractivity contribution in [3.05, 3.63) is 29.8 Å². The third-order valence-corrected chi connectivity index (χ3v) is 3.64. The molecule has 1 aromatic rings. The topological polar surface area (TPSA) is 15.3 Å². The average molecular weight is 246 g/mol. The maximum Gasteiger partial charge on any atom is 0.0414 e. The molecular formula is C16H26N2. The molecule has 0 atom stereocenters. The summed E-state index contributed by atoms with van der Waals surface area (Å²) >= 11 is 0. The molecule has 0 aliphatic heterocycles. The molecule has 0 aromatic heterocycles. The fourth-order valence-corrected chi connectivity index (χ4v) is 2.37. The van der Waals surface area contributed by atoms with Crippen molar-refractivity contribution in [1.82, 2.24) is 5.32 Å². The molecule has 1 aliphatic carbocycles. The molecule has 100 valence electrons. The number of rotatable bonds is 7. The lowest BCUT2D eigenvalue weighted by atomic mass is 10.1. The predicted octanol–water partition coefficient (Wildman–Crippen LogP) is 3.42. The molecule has 1 aliphatic rings. The first kappa shape index (κ1) is 13.4. The molecule has 0 bridgehead atoms. The van der Waals surface area contributed by atoms with Gasteiger partial charge in [0.25, 0.3) is 0 Å². The van der Waals surface area contributed by atoms with Gasteiger partial charge in [-0.2, -0.15) is 0 Å². The summed E-state index contributed by atoms with van der Waals surface area (Å²) in [5, 5.41) is 3.44. The van der Waals surface area contributed by atoms with Gasteiger partial charge in [0.1, 0.15) is 0 Å². The second-order valence-corrected chi connectivity index (χ2v) is 5.60. The van der Waals surface area contributed by atoms with E-state index < -0.39 is 0 Å². The Morgan fingerprint density at radius 3 is 2.61 bits per heavy atom. The van der Waals surface area contributed by atoms with Crippen molar-refractivity contribution in [2.45, 2.75) is 46.2 Å². The lowest BCUT2D eigenvalue weighted by Crippen LogP contribution is -2.34. The first-order valence-electron chi connectivity index (χ1n) is 7.27. The molecule has 1 aromatic carbocycles. The molecule has 0 radical (unpaired) electrons. The lowest BCUT2D eigenvalue weighted by molar-refractivity contribution is 0.636. The minimum absolute atomic E-state index is 0.577. The van der Waals surface area contributed by atoms with E-state index in [0.717, 1.165) is 19.0 Å². The minimum Gasteiger partial charge on any atom is -0.369 e. The van der Waals surface area contributed by atoms with Crippen LogP contribution in [-0.4, -0.2) is 19.1 Å². The molecule has 0 heterocycles. The molecular weight excluding hydrogens is 220 g/mol. The van der Waals surface area contributed by atoms with Crippen LogP contribution < -0.4 is 10.2 Å². The number of para-hydroxylation sites is 1. The van der Waals surface area contributed by atoms with Gasteiger partial charge in [-0.1, -0.05) is 25.1 Å². The second-order valence-electron chi connectivity index (χ2n) is 5.60. The highest BCUT2D eigenvalue weighted by molar-refractivity contribution is 5.54. The maximum atomic E-state index is 3.44. The number of hydrogen-bond acceptors (Lipinski definition) is 2. The highest BCUT2D eigenvalue weighted by Gasteiger charge is 2.26. The van der Waals surface area contributed by atoms with Crippen LogP contribution in [0.1, 0.15) is 39.2 Å². The van der Waals surface area contributed by atoms with Crippen molar-refractivity contribution in [1.29, 1.82) is 0 Å². The standard InChI is InChI=1S/C16H26N2/c1-4-17-11-15-7-5-6-8-16(15)18(13(2)3)12-14-9-10-14/h5-8,13-14,17H,4,9-12H2,1-3H3. The van der Waals surface area contributed by atoms with E-state index in [1.54, 1.807) is 0 Å². The zero-order valence-corrected chi connectivity index (χ0v) is 11.9. The molecule has 2 rings (SSSR count). The van der Waals surface area contributed by atoms with E-state index in [1.165, 1.54) is 30.6 Å². The number of hydrogen-bond donors (Lipinski definition) is 1. The Hall–Kier alpha value is -1.02. The monoisotopic (exact) mass is 246 g/mol. The lowest BCUT2D eigenvalue weighted by Gasteiger charge is -2.31. The van der Waals surface area contributed by atoms with Crippen LogP contribution in [-0.2, 0) is 6.54 Å². The van der Waals surface area contributed by atoms with E-state index in [4.69, 9.17) is 0 Å². The molecule has 18 heavy (non-hydrogen) atoms. The SMILES string of the molecule is CCNCc1ccccc1N(CC1CC1)C(C)C. The average Bonchev–Trinajstić information content (AvgIpc) is 3.17. The number of benzene rings is 1. The highest BCUT2D eigenvalue weighted by atomic mass is 15.2. The van der Waals surface area contributed by atoms with Crippen LogP contribution in [0.2, 0.25) is 0 Å².